The van der Waals surface area contributed by atoms with Crippen molar-refractivity contribution in [3.8, 4) is 5.69 Å². The highest BCUT2D eigenvalue weighted by atomic mass is 15.3. The van der Waals surface area contributed by atoms with Crippen molar-refractivity contribution in [3.05, 3.63) is 150 Å². The van der Waals surface area contributed by atoms with Crippen molar-refractivity contribution in [2.75, 3.05) is 7.05 Å². The first kappa shape index (κ1) is 22.3. The number of para-hydroxylation sites is 2. The predicted octanol–water partition coefficient (Wildman–Crippen LogP) is 7.62. The molecule has 0 bridgehead atoms. The summed E-state index contributed by atoms with van der Waals surface area (Å²) in [6.45, 7) is 0. The van der Waals surface area contributed by atoms with Crippen LogP contribution >= 0.6 is 0 Å². The lowest BCUT2D eigenvalue weighted by Gasteiger charge is -2.32. The zero-order valence-electron chi connectivity index (χ0n) is 21.1. The minimum absolute atomic E-state index is 0.157. The molecule has 5 aromatic carbocycles. The van der Waals surface area contributed by atoms with Gasteiger partial charge in [-0.25, -0.2) is 9.98 Å². The first-order valence-corrected chi connectivity index (χ1v) is 12.9. The topological polar surface area (TPSA) is 32.9 Å². The van der Waals surface area contributed by atoms with E-state index in [1.54, 1.807) is 0 Å². The van der Waals surface area contributed by atoms with Crippen LogP contribution in [0.2, 0.25) is 0 Å². The molecule has 7 rings (SSSR count). The Morgan fingerprint density at radius 3 is 1.74 bits per heavy atom. The lowest BCUT2D eigenvalue weighted by Crippen LogP contribution is -2.35. The molecule has 1 unspecified atom stereocenters. The molecular formula is C34H26N4. The van der Waals surface area contributed by atoms with Gasteiger partial charge in [-0.2, -0.15) is 0 Å². The third-order valence-electron chi connectivity index (χ3n) is 7.25. The van der Waals surface area contributed by atoms with Crippen molar-refractivity contribution in [2.24, 2.45) is 9.98 Å². The summed E-state index contributed by atoms with van der Waals surface area (Å²) in [5.41, 5.74) is 6.74. The van der Waals surface area contributed by atoms with Crippen molar-refractivity contribution >= 4 is 33.5 Å². The average molecular weight is 491 g/mol. The number of nitrogens with zero attached hydrogens (tertiary/aromatic N) is 4. The summed E-state index contributed by atoms with van der Waals surface area (Å²) in [7, 11) is 2.07. The number of aliphatic imine (C=N–C) groups is 2. The Morgan fingerprint density at radius 1 is 0.553 bits per heavy atom. The van der Waals surface area contributed by atoms with Gasteiger partial charge in [-0.1, -0.05) is 97.1 Å². The van der Waals surface area contributed by atoms with Gasteiger partial charge in [-0.15, -0.1) is 0 Å². The van der Waals surface area contributed by atoms with E-state index < -0.39 is 0 Å². The van der Waals surface area contributed by atoms with Gasteiger partial charge >= 0.3 is 0 Å². The molecule has 4 heteroatoms. The van der Waals surface area contributed by atoms with Crippen molar-refractivity contribution in [3.63, 3.8) is 0 Å². The Bertz CT molecular complexity index is 1760. The van der Waals surface area contributed by atoms with E-state index in [1.165, 1.54) is 21.8 Å². The minimum atomic E-state index is -0.157. The fraction of sp³-hybridized carbons (Fsp3) is 0.0588. The van der Waals surface area contributed by atoms with Crippen LogP contribution in [0.15, 0.2) is 143 Å². The van der Waals surface area contributed by atoms with Crippen LogP contribution in [0.25, 0.3) is 27.5 Å². The number of hydrogen-bond acceptors (Lipinski definition) is 3. The molecule has 1 aliphatic heterocycles. The van der Waals surface area contributed by atoms with Crippen LogP contribution in [0.1, 0.15) is 22.9 Å². The fourth-order valence-corrected chi connectivity index (χ4v) is 5.40. The molecule has 182 valence electrons. The summed E-state index contributed by atoms with van der Waals surface area (Å²) in [4.78, 5) is 12.3. The van der Waals surface area contributed by atoms with Crippen LogP contribution < -0.4 is 0 Å². The molecule has 0 spiro atoms. The van der Waals surface area contributed by atoms with E-state index in [1.807, 2.05) is 24.3 Å². The van der Waals surface area contributed by atoms with Crippen LogP contribution in [0.5, 0.6) is 0 Å². The summed E-state index contributed by atoms with van der Waals surface area (Å²) in [5.74, 6) is 1.65. The normalized spacial score (nSPS) is 15.5. The van der Waals surface area contributed by atoms with Crippen LogP contribution in [-0.4, -0.2) is 28.2 Å². The van der Waals surface area contributed by atoms with E-state index in [2.05, 4.69) is 126 Å². The first-order chi connectivity index (χ1) is 18.8. The molecule has 0 fully saturated rings. The Morgan fingerprint density at radius 2 is 1.11 bits per heavy atom. The van der Waals surface area contributed by atoms with E-state index >= 15 is 0 Å². The summed E-state index contributed by atoms with van der Waals surface area (Å²) in [5, 5.41) is 2.52. The highest BCUT2D eigenvalue weighted by Crippen LogP contribution is 2.33. The van der Waals surface area contributed by atoms with Crippen molar-refractivity contribution in [1.29, 1.82) is 0 Å². The van der Waals surface area contributed by atoms with Gasteiger partial charge in [0.05, 0.1) is 11.0 Å². The number of amidine groups is 2. The maximum Gasteiger partial charge on any atom is 0.159 e. The molecule has 1 atom stereocenters. The van der Waals surface area contributed by atoms with Crippen LogP contribution in [-0.2, 0) is 0 Å². The predicted molar refractivity (Wildman–Crippen MR) is 157 cm³/mol. The first-order valence-electron chi connectivity index (χ1n) is 12.9. The van der Waals surface area contributed by atoms with Crippen LogP contribution in [0.3, 0.4) is 0 Å². The van der Waals surface area contributed by atoms with E-state index in [0.717, 1.165) is 34.0 Å². The number of hydrogen-bond donors (Lipinski definition) is 0. The van der Waals surface area contributed by atoms with Gasteiger partial charge in [0.1, 0.15) is 12.0 Å². The van der Waals surface area contributed by atoms with Crippen molar-refractivity contribution in [1.82, 2.24) is 9.47 Å². The number of rotatable bonds is 4. The van der Waals surface area contributed by atoms with Gasteiger partial charge in [0.25, 0.3) is 0 Å². The van der Waals surface area contributed by atoms with Gasteiger partial charge in [0, 0.05) is 34.6 Å². The van der Waals surface area contributed by atoms with E-state index in [0.29, 0.717) is 0 Å². The van der Waals surface area contributed by atoms with E-state index in [9.17, 15) is 0 Å². The Hall–Kier alpha value is -4.96. The van der Waals surface area contributed by atoms with Gasteiger partial charge in [-0.05, 0) is 42.0 Å². The molecule has 0 aliphatic carbocycles. The SMILES string of the molecule is CN1C(c2ccc(-n3c4ccccc4c4ccccc43)cc2)=NC(c2ccccc2)=NC1c1ccccc1. The standard InChI is InChI=1S/C34H26N4/c1-37-33(25-14-6-3-7-15-25)35-32(24-12-4-2-5-13-24)36-34(37)26-20-22-27(23-21-26)38-30-18-10-8-16-28(30)29-17-9-11-19-31(29)38/h2-23,33H,1H3. The second kappa shape index (κ2) is 9.16. The van der Waals surface area contributed by atoms with Gasteiger partial charge in [0.15, 0.2) is 5.84 Å². The minimum Gasteiger partial charge on any atom is -0.333 e. The molecule has 0 N–H and O–H groups in total. The third kappa shape index (κ3) is 3.70. The smallest absolute Gasteiger partial charge is 0.159 e. The zero-order valence-corrected chi connectivity index (χ0v) is 21.1. The zero-order chi connectivity index (χ0) is 25.5. The molecule has 0 radical (unpaired) electrons. The molecule has 1 aromatic heterocycles. The van der Waals surface area contributed by atoms with E-state index in [-0.39, 0.29) is 6.17 Å². The molecule has 6 aromatic rings. The maximum absolute atomic E-state index is 5.06. The summed E-state index contributed by atoms with van der Waals surface area (Å²) >= 11 is 0. The molecule has 4 nitrogen and oxygen atoms in total. The van der Waals surface area contributed by atoms with Crippen LogP contribution in [0, 0.1) is 0 Å². The molecule has 38 heavy (non-hydrogen) atoms. The summed E-state index contributed by atoms with van der Waals surface area (Å²) in [6, 6.07) is 46.5. The number of fused-ring (bicyclic) bond motifs is 3. The maximum atomic E-state index is 5.06. The molecule has 0 amide bonds. The van der Waals surface area contributed by atoms with Gasteiger partial charge in [0.2, 0.25) is 0 Å². The average Bonchev–Trinajstić information content (AvgIpc) is 3.33. The molecule has 0 saturated heterocycles. The largest absolute Gasteiger partial charge is 0.333 e. The molecular weight excluding hydrogens is 464 g/mol. The molecule has 0 saturated carbocycles. The lowest BCUT2D eigenvalue weighted by molar-refractivity contribution is 0.383. The summed E-state index contributed by atoms with van der Waals surface area (Å²) < 4.78 is 2.34. The monoisotopic (exact) mass is 490 g/mol. The van der Waals surface area contributed by atoms with Gasteiger partial charge in [-0.3, -0.25) is 0 Å². The second-order valence-corrected chi connectivity index (χ2v) is 9.57. The van der Waals surface area contributed by atoms with Gasteiger partial charge < -0.3 is 9.47 Å². The summed E-state index contributed by atoms with van der Waals surface area (Å²) in [6.07, 6.45) is -0.157. The number of aromatic nitrogens is 1. The third-order valence-corrected chi connectivity index (χ3v) is 7.25. The van der Waals surface area contributed by atoms with Crippen LogP contribution in [0.4, 0.5) is 0 Å². The second-order valence-electron chi connectivity index (χ2n) is 9.57. The Kier molecular flexibility index (Phi) is 5.37. The quantitative estimate of drug-likeness (QED) is 0.250. The van der Waals surface area contributed by atoms with Crippen molar-refractivity contribution in [2.45, 2.75) is 6.17 Å². The Labute approximate surface area is 221 Å². The Balaban J connectivity index is 1.33. The molecule has 1 aliphatic rings. The highest BCUT2D eigenvalue weighted by Gasteiger charge is 2.26. The van der Waals surface area contributed by atoms with Crippen molar-refractivity contribution < 1.29 is 0 Å². The number of benzene rings is 5. The molecule has 2 heterocycles. The van der Waals surface area contributed by atoms with E-state index in [4.69, 9.17) is 9.98 Å². The lowest BCUT2D eigenvalue weighted by atomic mass is 10.1. The fourth-order valence-electron chi connectivity index (χ4n) is 5.40. The highest BCUT2D eigenvalue weighted by molar-refractivity contribution is 6.13.